The highest BCUT2D eigenvalue weighted by atomic mass is 32.2. The molecule has 0 bridgehead atoms. The molecule has 2 amide bonds. The van der Waals surface area contributed by atoms with Crippen molar-refractivity contribution in [1.82, 2.24) is 10.6 Å². The topological polar surface area (TPSA) is 58.2 Å². The third kappa shape index (κ3) is 5.62. The summed E-state index contributed by atoms with van der Waals surface area (Å²) < 4.78 is 12.0. The van der Waals surface area contributed by atoms with Crippen molar-refractivity contribution < 1.29 is 9.00 Å². The molecule has 0 aromatic heterocycles. The summed E-state index contributed by atoms with van der Waals surface area (Å²) in [5.74, 6) is 0.986. The van der Waals surface area contributed by atoms with Gasteiger partial charge in [-0.3, -0.25) is 4.21 Å². The highest BCUT2D eigenvalue weighted by Crippen LogP contribution is 2.23. The summed E-state index contributed by atoms with van der Waals surface area (Å²) in [7, 11) is -0.759. The van der Waals surface area contributed by atoms with Crippen LogP contribution in [0.1, 0.15) is 56.6 Å². The maximum absolute atomic E-state index is 12.2. The van der Waals surface area contributed by atoms with Gasteiger partial charge in [-0.1, -0.05) is 50.1 Å². The summed E-state index contributed by atoms with van der Waals surface area (Å²) in [5.41, 5.74) is 2.48. The van der Waals surface area contributed by atoms with E-state index in [9.17, 15) is 9.00 Å². The quantitative estimate of drug-likeness (QED) is 0.825. The van der Waals surface area contributed by atoms with Crippen molar-refractivity contribution >= 4 is 16.8 Å². The van der Waals surface area contributed by atoms with Gasteiger partial charge in [0, 0.05) is 34.4 Å². The molecule has 24 heavy (non-hydrogen) atoms. The summed E-state index contributed by atoms with van der Waals surface area (Å²) in [6.07, 6.45) is 3.88. The number of amides is 2. The smallest absolute Gasteiger partial charge is 0.315 e. The van der Waals surface area contributed by atoms with Crippen LogP contribution in [0.2, 0.25) is 0 Å². The predicted octanol–water partition coefficient (Wildman–Crippen LogP) is 3.48. The van der Waals surface area contributed by atoms with E-state index < -0.39 is 10.8 Å². The van der Waals surface area contributed by atoms with Gasteiger partial charge < -0.3 is 10.6 Å². The van der Waals surface area contributed by atoms with Gasteiger partial charge in [0.25, 0.3) is 0 Å². The van der Waals surface area contributed by atoms with Crippen molar-refractivity contribution in [3.63, 3.8) is 0 Å². The van der Waals surface area contributed by atoms with Crippen LogP contribution in [0.3, 0.4) is 0 Å². The molecule has 1 aromatic carbocycles. The second kappa shape index (κ2) is 9.21. The van der Waals surface area contributed by atoms with Gasteiger partial charge in [0.2, 0.25) is 0 Å². The number of nitrogens with one attached hydrogen (secondary N) is 2. The normalized spacial score (nSPS) is 23.3. The van der Waals surface area contributed by atoms with Crippen LogP contribution in [-0.4, -0.2) is 33.8 Å². The van der Waals surface area contributed by atoms with E-state index in [2.05, 4.69) is 48.7 Å². The molecule has 0 radical (unpaired) electrons. The van der Waals surface area contributed by atoms with E-state index in [1.54, 1.807) is 0 Å². The SMILES string of the molecule is CCS(=O)C1CCCC(NC(=O)NCC(C)c2cccc(C)c2)C1. The summed E-state index contributed by atoms with van der Waals surface area (Å²) in [6, 6.07) is 8.43. The van der Waals surface area contributed by atoms with E-state index >= 15 is 0 Å². The van der Waals surface area contributed by atoms with Gasteiger partial charge in [0.15, 0.2) is 0 Å². The second-order valence-corrected chi connectivity index (χ2v) is 8.83. The van der Waals surface area contributed by atoms with Crippen molar-refractivity contribution in [2.75, 3.05) is 12.3 Å². The summed E-state index contributed by atoms with van der Waals surface area (Å²) in [6.45, 7) is 6.78. The number of aryl methyl sites for hydroxylation is 1. The molecule has 4 nitrogen and oxygen atoms in total. The van der Waals surface area contributed by atoms with Crippen LogP contribution >= 0.6 is 0 Å². The molecule has 0 aliphatic heterocycles. The lowest BCUT2D eigenvalue weighted by Crippen LogP contribution is -2.46. The zero-order chi connectivity index (χ0) is 17.5. The third-order valence-corrected chi connectivity index (χ3v) is 6.54. The van der Waals surface area contributed by atoms with E-state index in [0.29, 0.717) is 12.3 Å². The van der Waals surface area contributed by atoms with E-state index in [-0.39, 0.29) is 23.2 Å². The summed E-state index contributed by atoms with van der Waals surface area (Å²) in [4.78, 5) is 12.2. The minimum atomic E-state index is -0.759. The Bertz CT molecular complexity index is 576. The highest BCUT2D eigenvalue weighted by molar-refractivity contribution is 7.85. The number of urea groups is 1. The average molecular weight is 351 g/mol. The molecule has 1 aliphatic rings. The molecule has 5 heteroatoms. The molecule has 1 aliphatic carbocycles. The number of carbonyl (C=O) groups is 1. The molecule has 0 heterocycles. The Morgan fingerprint density at radius 3 is 2.88 bits per heavy atom. The van der Waals surface area contributed by atoms with Gasteiger partial charge in [-0.15, -0.1) is 0 Å². The van der Waals surface area contributed by atoms with Gasteiger partial charge in [-0.2, -0.15) is 0 Å². The van der Waals surface area contributed by atoms with E-state index in [1.165, 1.54) is 11.1 Å². The Morgan fingerprint density at radius 2 is 2.17 bits per heavy atom. The molecule has 4 atom stereocenters. The van der Waals surface area contributed by atoms with Crippen LogP contribution < -0.4 is 10.6 Å². The number of hydrogen-bond donors (Lipinski definition) is 2. The fourth-order valence-corrected chi connectivity index (χ4v) is 4.68. The Morgan fingerprint density at radius 1 is 1.38 bits per heavy atom. The molecule has 2 N–H and O–H groups in total. The molecular weight excluding hydrogens is 320 g/mol. The lowest BCUT2D eigenvalue weighted by molar-refractivity contribution is 0.232. The van der Waals surface area contributed by atoms with Crippen molar-refractivity contribution in [2.45, 2.75) is 63.7 Å². The molecule has 0 spiro atoms. The second-order valence-electron chi connectivity index (χ2n) is 6.82. The van der Waals surface area contributed by atoms with Crippen LogP contribution in [0.15, 0.2) is 24.3 Å². The Balaban J connectivity index is 1.77. The monoisotopic (exact) mass is 350 g/mol. The summed E-state index contributed by atoms with van der Waals surface area (Å²) in [5, 5.41) is 6.28. The third-order valence-electron chi connectivity index (χ3n) is 4.80. The van der Waals surface area contributed by atoms with Crippen LogP contribution in [0.5, 0.6) is 0 Å². The molecule has 1 saturated carbocycles. The maximum Gasteiger partial charge on any atom is 0.315 e. The molecular formula is C19H30N2O2S. The molecule has 1 aromatic rings. The van der Waals surface area contributed by atoms with Crippen LogP contribution in [0.25, 0.3) is 0 Å². The van der Waals surface area contributed by atoms with Gasteiger partial charge in [0.1, 0.15) is 0 Å². The molecule has 0 saturated heterocycles. The zero-order valence-electron chi connectivity index (χ0n) is 15.0. The van der Waals surface area contributed by atoms with Gasteiger partial charge in [0.05, 0.1) is 0 Å². The minimum Gasteiger partial charge on any atom is -0.338 e. The lowest BCUT2D eigenvalue weighted by atomic mass is 9.95. The Hall–Kier alpha value is -1.36. The van der Waals surface area contributed by atoms with Gasteiger partial charge >= 0.3 is 6.03 Å². The first kappa shape index (κ1) is 19.0. The van der Waals surface area contributed by atoms with Crippen molar-refractivity contribution in [3.8, 4) is 0 Å². The van der Waals surface area contributed by atoms with Crippen LogP contribution in [0.4, 0.5) is 4.79 Å². The van der Waals surface area contributed by atoms with Crippen molar-refractivity contribution in [2.24, 2.45) is 0 Å². The maximum atomic E-state index is 12.2. The number of carbonyl (C=O) groups excluding carboxylic acids is 1. The first-order valence-electron chi connectivity index (χ1n) is 8.97. The van der Waals surface area contributed by atoms with E-state index in [0.717, 1.165) is 25.7 Å². The van der Waals surface area contributed by atoms with Crippen molar-refractivity contribution in [1.29, 1.82) is 0 Å². The molecule has 4 unspecified atom stereocenters. The van der Waals surface area contributed by atoms with Crippen molar-refractivity contribution in [3.05, 3.63) is 35.4 Å². The van der Waals surface area contributed by atoms with E-state index in [4.69, 9.17) is 0 Å². The lowest BCUT2D eigenvalue weighted by Gasteiger charge is -2.29. The zero-order valence-corrected chi connectivity index (χ0v) is 15.8. The number of rotatable bonds is 6. The van der Waals surface area contributed by atoms with Gasteiger partial charge in [-0.05, 0) is 37.7 Å². The van der Waals surface area contributed by atoms with Crippen LogP contribution in [0, 0.1) is 6.92 Å². The molecule has 134 valence electrons. The molecule has 1 fully saturated rings. The van der Waals surface area contributed by atoms with E-state index in [1.807, 2.05) is 6.92 Å². The van der Waals surface area contributed by atoms with Crippen LogP contribution in [-0.2, 0) is 10.8 Å². The Kier molecular flexibility index (Phi) is 7.28. The predicted molar refractivity (Wildman–Crippen MR) is 101 cm³/mol. The molecule has 2 rings (SSSR count). The first-order chi connectivity index (χ1) is 11.5. The summed E-state index contributed by atoms with van der Waals surface area (Å²) >= 11 is 0. The largest absolute Gasteiger partial charge is 0.338 e. The minimum absolute atomic E-state index is 0.109. The standard InChI is InChI=1S/C19H30N2O2S/c1-4-24(23)18-10-6-9-17(12-18)21-19(22)20-13-15(3)16-8-5-7-14(2)11-16/h5,7-8,11,15,17-18H,4,6,9-10,12-13H2,1-3H3,(H2,20,21,22). The number of benzene rings is 1. The fourth-order valence-electron chi connectivity index (χ4n) is 3.33. The Labute approximate surface area is 148 Å². The van der Waals surface area contributed by atoms with Gasteiger partial charge in [-0.25, -0.2) is 4.79 Å². The first-order valence-corrected chi connectivity index (χ1v) is 10.4. The average Bonchev–Trinajstić information content (AvgIpc) is 2.59. The highest BCUT2D eigenvalue weighted by Gasteiger charge is 2.26. The number of hydrogen-bond acceptors (Lipinski definition) is 2. The fraction of sp³-hybridized carbons (Fsp3) is 0.632.